The number of hydrogen-bond donors (Lipinski definition) is 2. The van der Waals surface area contributed by atoms with Crippen LogP contribution in [0.4, 0.5) is 5.69 Å². The van der Waals surface area contributed by atoms with Crippen molar-refractivity contribution in [2.75, 3.05) is 32.1 Å². The van der Waals surface area contributed by atoms with E-state index in [2.05, 4.69) is 29.1 Å². The zero-order valence-electron chi connectivity index (χ0n) is 14.3. The fourth-order valence-corrected chi connectivity index (χ4v) is 2.83. The summed E-state index contributed by atoms with van der Waals surface area (Å²) in [6.45, 7) is 7.61. The number of guanidine groups is 1. The largest absolute Gasteiger partial charge is 0.497 e. The van der Waals surface area contributed by atoms with Gasteiger partial charge in [-0.25, -0.2) is 0 Å². The van der Waals surface area contributed by atoms with Crippen LogP contribution in [0.2, 0.25) is 0 Å². The number of piperidine rings is 1. The minimum absolute atomic E-state index is 0. The zero-order valence-corrected chi connectivity index (χ0v) is 16.6. The molecule has 1 fully saturated rings. The number of nitrogens with zero attached hydrogens (tertiary/aromatic N) is 2. The summed E-state index contributed by atoms with van der Waals surface area (Å²) in [6.07, 6.45) is 2.63. The molecule has 0 radical (unpaired) electrons. The van der Waals surface area contributed by atoms with Gasteiger partial charge in [0.1, 0.15) is 5.75 Å². The maximum atomic E-state index is 5.97. The highest BCUT2D eigenvalue weighted by Gasteiger charge is 2.20. The second-order valence-corrected chi connectivity index (χ2v) is 6.17. The Hall–Kier alpha value is -1.02. The zero-order chi connectivity index (χ0) is 15.9. The number of nitrogens with one attached hydrogen (secondary N) is 1. The molecule has 1 aromatic rings. The molecular weight excluding hydrogens is 403 g/mol. The molecule has 1 aliphatic rings. The lowest BCUT2D eigenvalue weighted by molar-refractivity contribution is 0.142. The van der Waals surface area contributed by atoms with Crippen LogP contribution in [0.25, 0.3) is 0 Å². The summed E-state index contributed by atoms with van der Waals surface area (Å²) in [5, 5.41) is 3.11. The summed E-state index contributed by atoms with van der Waals surface area (Å²) in [6, 6.07) is 8.08. The Morgan fingerprint density at radius 1 is 1.43 bits per heavy atom. The van der Waals surface area contributed by atoms with E-state index in [0.717, 1.165) is 23.9 Å². The van der Waals surface area contributed by atoms with Crippen LogP contribution < -0.4 is 15.8 Å². The smallest absolute Gasteiger partial charge is 0.193 e. The summed E-state index contributed by atoms with van der Waals surface area (Å²) < 4.78 is 5.13. The number of halogens is 1. The highest BCUT2D eigenvalue weighted by Crippen LogP contribution is 2.18. The molecule has 0 amide bonds. The Kier molecular flexibility index (Phi) is 8.68. The van der Waals surface area contributed by atoms with Gasteiger partial charge in [0, 0.05) is 18.3 Å². The van der Waals surface area contributed by atoms with Crippen LogP contribution in [-0.4, -0.2) is 43.6 Å². The van der Waals surface area contributed by atoms with Crippen LogP contribution in [0, 0.1) is 5.92 Å². The first-order valence-corrected chi connectivity index (χ1v) is 8.03. The van der Waals surface area contributed by atoms with Crippen LogP contribution in [0.5, 0.6) is 5.75 Å². The Morgan fingerprint density at radius 3 is 2.74 bits per heavy atom. The number of rotatable bonds is 5. The van der Waals surface area contributed by atoms with Crippen molar-refractivity contribution in [1.82, 2.24) is 4.90 Å². The van der Waals surface area contributed by atoms with Gasteiger partial charge in [-0.15, -0.1) is 24.0 Å². The van der Waals surface area contributed by atoms with E-state index in [1.54, 1.807) is 7.11 Å². The highest BCUT2D eigenvalue weighted by atomic mass is 127. The summed E-state index contributed by atoms with van der Waals surface area (Å²) >= 11 is 0. The summed E-state index contributed by atoms with van der Waals surface area (Å²) in [5.41, 5.74) is 6.89. The maximum Gasteiger partial charge on any atom is 0.193 e. The van der Waals surface area contributed by atoms with Gasteiger partial charge in [-0.1, -0.05) is 6.92 Å². The average Bonchev–Trinajstić information content (AvgIpc) is 2.53. The van der Waals surface area contributed by atoms with E-state index in [4.69, 9.17) is 10.5 Å². The summed E-state index contributed by atoms with van der Waals surface area (Å²) in [4.78, 5) is 6.98. The third-order valence-electron chi connectivity index (χ3n) is 4.20. The van der Waals surface area contributed by atoms with E-state index in [1.165, 1.54) is 25.9 Å². The molecule has 0 aromatic heterocycles. The molecular formula is C17H29IN4O. The predicted molar refractivity (Wildman–Crippen MR) is 108 cm³/mol. The number of benzene rings is 1. The molecule has 2 unspecified atom stereocenters. The van der Waals surface area contributed by atoms with Crippen LogP contribution >= 0.6 is 24.0 Å². The van der Waals surface area contributed by atoms with E-state index in [1.807, 2.05) is 24.3 Å². The second kappa shape index (κ2) is 9.97. The van der Waals surface area contributed by atoms with Gasteiger partial charge in [-0.2, -0.15) is 0 Å². The lowest BCUT2D eigenvalue weighted by atomic mass is 9.99. The van der Waals surface area contributed by atoms with Crippen molar-refractivity contribution in [3.63, 3.8) is 0 Å². The van der Waals surface area contributed by atoms with Crippen molar-refractivity contribution in [3.8, 4) is 5.75 Å². The molecule has 2 rings (SSSR count). The van der Waals surface area contributed by atoms with Crippen molar-refractivity contribution in [2.45, 2.75) is 32.7 Å². The van der Waals surface area contributed by atoms with E-state index in [0.29, 0.717) is 12.0 Å². The van der Waals surface area contributed by atoms with Gasteiger partial charge in [-0.3, -0.25) is 9.89 Å². The highest BCUT2D eigenvalue weighted by molar-refractivity contribution is 14.0. The maximum absolute atomic E-state index is 5.97. The van der Waals surface area contributed by atoms with Crippen molar-refractivity contribution in [2.24, 2.45) is 16.6 Å². The Balaban J connectivity index is 0.00000264. The lowest BCUT2D eigenvalue weighted by Gasteiger charge is -2.34. The first-order valence-electron chi connectivity index (χ1n) is 8.03. The monoisotopic (exact) mass is 432 g/mol. The van der Waals surface area contributed by atoms with E-state index in [-0.39, 0.29) is 24.0 Å². The van der Waals surface area contributed by atoms with Crippen molar-refractivity contribution >= 4 is 35.6 Å². The molecule has 1 heterocycles. The van der Waals surface area contributed by atoms with Crippen LogP contribution in [0.15, 0.2) is 29.3 Å². The van der Waals surface area contributed by atoms with Gasteiger partial charge < -0.3 is 15.8 Å². The molecule has 0 spiro atoms. The number of nitrogens with two attached hydrogens (primary N) is 1. The number of hydrogen-bond acceptors (Lipinski definition) is 3. The minimum atomic E-state index is 0. The standard InChI is InChI=1S/C17H28N4O.HI/c1-13-5-4-10-21(12-13)14(2)11-19-17(18)20-15-6-8-16(22-3)9-7-15;/h6-9,13-14H,4-5,10-12H2,1-3H3,(H3,18,19,20);1H. The quantitative estimate of drug-likeness (QED) is 0.426. The first-order chi connectivity index (χ1) is 10.6. The van der Waals surface area contributed by atoms with Crippen LogP contribution in [0.1, 0.15) is 26.7 Å². The van der Waals surface area contributed by atoms with Crippen molar-refractivity contribution < 1.29 is 4.74 Å². The van der Waals surface area contributed by atoms with Crippen LogP contribution in [0.3, 0.4) is 0 Å². The van der Waals surface area contributed by atoms with Gasteiger partial charge in [0.25, 0.3) is 0 Å². The molecule has 0 bridgehead atoms. The van der Waals surface area contributed by atoms with Crippen molar-refractivity contribution in [3.05, 3.63) is 24.3 Å². The fraction of sp³-hybridized carbons (Fsp3) is 0.588. The Labute approximate surface area is 156 Å². The van der Waals surface area contributed by atoms with Gasteiger partial charge in [0.2, 0.25) is 0 Å². The summed E-state index contributed by atoms with van der Waals surface area (Å²) in [7, 11) is 1.65. The SMILES string of the molecule is COc1ccc(NC(N)=NCC(C)N2CCCC(C)C2)cc1.I. The van der Waals surface area contributed by atoms with E-state index < -0.39 is 0 Å². The molecule has 2 atom stereocenters. The molecule has 3 N–H and O–H groups in total. The van der Waals surface area contributed by atoms with Crippen molar-refractivity contribution in [1.29, 1.82) is 0 Å². The van der Waals surface area contributed by atoms with Gasteiger partial charge >= 0.3 is 0 Å². The predicted octanol–water partition coefficient (Wildman–Crippen LogP) is 3.16. The molecule has 5 nitrogen and oxygen atoms in total. The van der Waals surface area contributed by atoms with Gasteiger partial charge in [0.15, 0.2) is 5.96 Å². The second-order valence-electron chi connectivity index (χ2n) is 6.17. The Morgan fingerprint density at radius 2 is 2.13 bits per heavy atom. The molecule has 0 saturated carbocycles. The minimum Gasteiger partial charge on any atom is -0.497 e. The molecule has 1 aromatic carbocycles. The third kappa shape index (κ3) is 6.55. The molecule has 6 heteroatoms. The number of anilines is 1. The molecule has 0 aliphatic carbocycles. The van der Waals surface area contributed by atoms with Crippen LogP contribution in [-0.2, 0) is 0 Å². The van der Waals surface area contributed by atoms with Gasteiger partial charge in [-0.05, 0) is 56.5 Å². The Bertz CT molecular complexity index is 492. The third-order valence-corrected chi connectivity index (χ3v) is 4.20. The lowest BCUT2D eigenvalue weighted by Crippen LogP contribution is -2.42. The van der Waals surface area contributed by atoms with E-state index in [9.17, 15) is 0 Å². The normalized spacial score (nSPS) is 20.5. The molecule has 1 aliphatic heterocycles. The van der Waals surface area contributed by atoms with Gasteiger partial charge in [0.05, 0.1) is 13.7 Å². The fourth-order valence-electron chi connectivity index (χ4n) is 2.83. The summed E-state index contributed by atoms with van der Waals surface area (Å²) in [5.74, 6) is 2.07. The molecule has 1 saturated heterocycles. The number of aliphatic imine (C=N–C) groups is 1. The molecule has 23 heavy (non-hydrogen) atoms. The van der Waals surface area contributed by atoms with E-state index >= 15 is 0 Å². The average molecular weight is 432 g/mol. The molecule has 130 valence electrons. The number of methoxy groups -OCH3 is 1. The first kappa shape index (κ1) is 20.0. The number of likely N-dealkylation sites (tertiary alicyclic amines) is 1. The topological polar surface area (TPSA) is 62.9 Å². The number of ether oxygens (including phenoxy) is 1.